The molecule has 1 amide bonds. The molecule has 0 aliphatic carbocycles. The summed E-state index contributed by atoms with van der Waals surface area (Å²) in [6.07, 6.45) is 2.08. The van der Waals surface area contributed by atoms with Gasteiger partial charge >= 0.3 is 7.60 Å². The number of rotatable bonds is 12. The first-order chi connectivity index (χ1) is 15.2. The van der Waals surface area contributed by atoms with Crippen molar-refractivity contribution in [1.29, 1.82) is 0 Å². The number of hydrogen-bond acceptors (Lipinski definition) is 10. The highest BCUT2D eigenvalue weighted by molar-refractivity contribution is 7.51. The summed E-state index contributed by atoms with van der Waals surface area (Å²) < 4.78 is 21.2. The van der Waals surface area contributed by atoms with Gasteiger partial charge in [-0.2, -0.15) is 0 Å². The van der Waals surface area contributed by atoms with E-state index in [0.29, 0.717) is 24.4 Å². The average Bonchev–Trinajstić information content (AvgIpc) is 2.73. The molecular weight excluding hydrogens is 437 g/mol. The number of nitrogen functional groups attached to an aromatic ring is 1. The molecule has 174 valence electrons. The van der Waals surface area contributed by atoms with Crippen LogP contribution in [0.2, 0.25) is 0 Å². The molecule has 0 saturated heterocycles. The van der Waals surface area contributed by atoms with Crippen LogP contribution in [-0.4, -0.2) is 41.8 Å². The maximum absolute atomic E-state index is 12.2. The van der Waals surface area contributed by atoms with Gasteiger partial charge in [-0.15, -0.1) is 10.2 Å². The van der Waals surface area contributed by atoms with E-state index in [-0.39, 0.29) is 23.2 Å². The molecule has 8 N–H and O–H groups in total. The number of pyridine rings is 1. The molecule has 2 aromatic rings. The Morgan fingerprint density at radius 3 is 2.62 bits per heavy atom. The van der Waals surface area contributed by atoms with Crippen LogP contribution in [0.3, 0.4) is 0 Å². The van der Waals surface area contributed by atoms with Crippen LogP contribution in [0.1, 0.15) is 19.3 Å². The standard InChI is InChI=1S/C19H28N7O5P/c1-32(28,29)31-12-30-16-8-3-2-7-14(16)25-26-15-9-10-17(23-18(15)22)24-19(27)13(21)6-4-5-11-20/h2-3,7-10,13H,4-6,11-12,20-21H2,1H3,(H,28,29)(H3,22,23,24,27)/t13-/m0/s1. The van der Waals surface area contributed by atoms with E-state index in [1.54, 1.807) is 30.3 Å². The maximum Gasteiger partial charge on any atom is 0.327 e. The van der Waals surface area contributed by atoms with Gasteiger partial charge in [-0.3, -0.25) is 13.9 Å². The molecule has 0 spiro atoms. The molecular formula is C19H28N7O5P. The molecule has 0 saturated carbocycles. The number of nitrogens with one attached hydrogen (secondary N) is 1. The predicted molar refractivity (Wildman–Crippen MR) is 121 cm³/mol. The summed E-state index contributed by atoms with van der Waals surface area (Å²) in [5.74, 6) is 0.228. The Kier molecular flexibility index (Phi) is 9.69. The smallest absolute Gasteiger partial charge is 0.327 e. The van der Waals surface area contributed by atoms with Crippen molar-refractivity contribution in [1.82, 2.24) is 4.98 Å². The Morgan fingerprint density at radius 2 is 1.94 bits per heavy atom. The number of nitrogens with zero attached hydrogens (tertiary/aromatic N) is 3. The Labute approximate surface area is 185 Å². The Balaban J connectivity index is 2.02. The van der Waals surface area contributed by atoms with Crippen molar-refractivity contribution in [3.63, 3.8) is 0 Å². The van der Waals surface area contributed by atoms with E-state index in [4.69, 9.17) is 31.4 Å². The molecule has 0 radical (unpaired) electrons. The fraction of sp³-hybridized carbons (Fsp3) is 0.368. The Morgan fingerprint density at radius 1 is 1.22 bits per heavy atom. The number of carbonyl (C=O) groups is 1. The lowest BCUT2D eigenvalue weighted by Crippen LogP contribution is -2.35. The highest BCUT2D eigenvalue weighted by atomic mass is 31.2. The minimum absolute atomic E-state index is 0.0530. The van der Waals surface area contributed by atoms with Crippen molar-refractivity contribution in [2.24, 2.45) is 21.7 Å². The van der Waals surface area contributed by atoms with Gasteiger partial charge in [-0.1, -0.05) is 18.6 Å². The molecule has 13 heteroatoms. The minimum atomic E-state index is -3.66. The third-order valence-corrected chi connectivity index (χ3v) is 4.68. The molecule has 0 bridgehead atoms. The first kappa shape index (κ1) is 25.4. The van der Waals surface area contributed by atoms with Crippen molar-refractivity contribution in [2.45, 2.75) is 25.3 Å². The second kappa shape index (κ2) is 12.2. The van der Waals surface area contributed by atoms with Crippen LogP contribution in [0.25, 0.3) is 0 Å². The second-order valence-corrected chi connectivity index (χ2v) is 8.71. The van der Waals surface area contributed by atoms with Gasteiger partial charge in [0.1, 0.15) is 22.9 Å². The summed E-state index contributed by atoms with van der Waals surface area (Å²) in [5.41, 5.74) is 17.9. The van der Waals surface area contributed by atoms with E-state index in [2.05, 4.69) is 20.5 Å². The number of benzene rings is 1. The summed E-state index contributed by atoms with van der Waals surface area (Å²) in [6, 6.07) is 9.07. The number of amides is 1. The lowest BCUT2D eigenvalue weighted by atomic mass is 10.1. The molecule has 12 nitrogen and oxygen atoms in total. The molecule has 2 atom stereocenters. The van der Waals surface area contributed by atoms with E-state index >= 15 is 0 Å². The van der Waals surface area contributed by atoms with Crippen LogP contribution in [-0.2, 0) is 13.9 Å². The van der Waals surface area contributed by atoms with E-state index in [1.165, 1.54) is 6.07 Å². The number of carbonyl (C=O) groups excluding carboxylic acids is 1. The Hall–Kier alpha value is -2.89. The van der Waals surface area contributed by atoms with E-state index in [9.17, 15) is 9.36 Å². The van der Waals surface area contributed by atoms with Crippen LogP contribution in [0.5, 0.6) is 5.75 Å². The van der Waals surface area contributed by atoms with Crippen molar-refractivity contribution in [3.05, 3.63) is 36.4 Å². The van der Waals surface area contributed by atoms with Crippen LogP contribution in [0.15, 0.2) is 46.6 Å². The molecule has 2 rings (SSSR count). The summed E-state index contributed by atoms with van der Waals surface area (Å²) in [6.45, 7) is 1.18. The van der Waals surface area contributed by atoms with Gasteiger partial charge < -0.3 is 32.1 Å². The zero-order valence-corrected chi connectivity index (χ0v) is 18.6. The van der Waals surface area contributed by atoms with Gasteiger partial charge in [0.15, 0.2) is 12.6 Å². The number of anilines is 2. The molecule has 1 aromatic carbocycles. The number of ether oxygens (including phenoxy) is 1. The topological polar surface area (TPSA) is 201 Å². The predicted octanol–water partition coefficient (Wildman–Crippen LogP) is 2.64. The van der Waals surface area contributed by atoms with Crippen LogP contribution >= 0.6 is 7.60 Å². The zero-order valence-electron chi connectivity index (χ0n) is 17.7. The van der Waals surface area contributed by atoms with Gasteiger partial charge in [0.25, 0.3) is 0 Å². The van der Waals surface area contributed by atoms with E-state index < -0.39 is 20.4 Å². The number of aromatic nitrogens is 1. The second-order valence-electron chi connectivity index (χ2n) is 6.84. The number of azo groups is 1. The third kappa shape index (κ3) is 8.69. The summed E-state index contributed by atoms with van der Waals surface area (Å²) >= 11 is 0. The SMILES string of the molecule is CP(=O)(O)OCOc1ccccc1N=Nc1ccc(NC(=O)[C@@H](N)CCCCN)nc1N. The monoisotopic (exact) mass is 465 g/mol. The molecule has 1 heterocycles. The summed E-state index contributed by atoms with van der Waals surface area (Å²) in [4.78, 5) is 25.4. The van der Waals surface area contributed by atoms with Crippen LogP contribution < -0.4 is 27.3 Å². The number of hydrogen-bond donors (Lipinski definition) is 5. The molecule has 1 unspecified atom stereocenters. The van der Waals surface area contributed by atoms with Gasteiger partial charge in [0.2, 0.25) is 5.91 Å². The van der Waals surface area contributed by atoms with Crippen molar-refractivity contribution < 1.29 is 23.5 Å². The van der Waals surface area contributed by atoms with Gasteiger partial charge in [0.05, 0.1) is 6.04 Å². The van der Waals surface area contributed by atoms with E-state index in [1.807, 2.05) is 0 Å². The van der Waals surface area contributed by atoms with Crippen LogP contribution in [0.4, 0.5) is 23.0 Å². The van der Waals surface area contributed by atoms with Gasteiger partial charge in [-0.25, -0.2) is 4.98 Å². The number of unbranched alkanes of at least 4 members (excludes halogenated alkanes) is 1. The fourth-order valence-corrected chi connectivity index (χ4v) is 2.69. The molecule has 0 fully saturated rings. The average molecular weight is 465 g/mol. The van der Waals surface area contributed by atoms with Gasteiger partial charge in [0, 0.05) is 6.66 Å². The van der Waals surface area contributed by atoms with E-state index in [0.717, 1.165) is 19.5 Å². The Bertz CT molecular complexity index is 982. The lowest BCUT2D eigenvalue weighted by Gasteiger charge is -2.12. The number of para-hydroxylation sites is 1. The highest BCUT2D eigenvalue weighted by Gasteiger charge is 2.14. The van der Waals surface area contributed by atoms with Crippen molar-refractivity contribution >= 4 is 36.5 Å². The molecule has 32 heavy (non-hydrogen) atoms. The quantitative estimate of drug-likeness (QED) is 0.135. The summed E-state index contributed by atoms with van der Waals surface area (Å²) in [5, 5.41) is 10.8. The highest BCUT2D eigenvalue weighted by Crippen LogP contribution is 2.37. The molecule has 1 aromatic heterocycles. The largest absolute Gasteiger partial charge is 0.465 e. The zero-order chi connectivity index (χ0) is 23.6. The third-order valence-electron chi connectivity index (χ3n) is 4.10. The first-order valence-electron chi connectivity index (χ1n) is 9.81. The fourth-order valence-electron chi connectivity index (χ4n) is 2.44. The van der Waals surface area contributed by atoms with Crippen molar-refractivity contribution in [3.8, 4) is 5.75 Å². The normalized spacial score (nSPS) is 14.1. The van der Waals surface area contributed by atoms with Crippen molar-refractivity contribution in [2.75, 3.05) is 31.1 Å². The van der Waals surface area contributed by atoms with Gasteiger partial charge in [-0.05, 0) is 43.7 Å². The maximum atomic E-state index is 12.2. The molecule has 0 aliphatic rings. The summed E-state index contributed by atoms with van der Waals surface area (Å²) in [7, 11) is -3.66. The molecule has 0 aliphatic heterocycles. The number of nitrogens with two attached hydrogens (primary N) is 3. The first-order valence-corrected chi connectivity index (χ1v) is 11.8. The van der Waals surface area contributed by atoms with Crippen LogP contribution in [0, 0.1) is 0 Å². The minimum Gasteiger partial charge on any atom is -0.465 e. The lowest BCUT2D eigenvalue weighted by molar-refractivity contribution is -0.117.